The standard InChI is InChI=1S/C15H20O/c1-11-8-9-15(16)12(2)14(10-11)13-6-4-3-5-7-13/h3-7,10,12,14-16H,8-9H2,1-2H3/t12-,14-,15-/m1/s1. The van der Waals surface area contributed by atoms with Gasteiger partial charge in [0, 0.05) is 5.92 Å². The molecule has 1 nitrogen and oxygen atoms in total. The highest BCUT2D eigenvalue weighted by Gasteiger charge is 2.26. The van der Waals surface area contributed by atoms with E-state index >= 15 is 0 Å². The molecule has 0 fully saturated rings. The lowest BCUT2D eigenvalue weighted by molar-refractivity contribution is 0.104. The summed E-state index contributed by atoms with van der Waals surface area (Å²) in [6, 6.07) is 10.5. The molecule has 1 heteroatoms. The van der Waals surface area contributed by atoms with E-state index in [1.54, 1.807) is 0 Å². The van der Waals surface area contributed by atoms with Crippen LogP contribution in [0.5, 0.6) is 0 Å². The van der Waals surface area contributed by atoms with Gasteiger partial charge in [0.25, 0.3) is 0 Å². The van der Waals surface area contributed by atoms with Crippen LogP contribution in [0.1, 0.15) is 38.2 Å². The molecule has 1 aromatic carbocycles. The monoisotopic (exact) mass is 216 g/mol. The Balaban J connectivity index is 2.32. The van der Waals surface area contributed by atoms with Gasteiger partial charge in [-0.2, -0.15) is 0 Å². The first-order chi connectivity index (χ1) is 7.68. The van der Waals surface area contributed by atoms with Gasteiger partial charge in [0.05, 0.1) is 6.10 Å². The third-order valence-corrected chi connectivity index (χ3v) is 3.66. The Morgan fingerprint density at radius 1 is 1.19 bits per heavy atom. The summed E-state index contributed by atoms with van der Waals surface area (Å²) in [6.45, 7) is 4.32. The summed E-state index contributed by atoms with van der Waals surface area (Å²) in [4.78, 5) is 0. The lowest BCUT2D eigenvalue weighted by atomic mass is 9.84. The van der Waals surface area contributed by atoms with Crippen LogP contribution in [-0.2, 0) is 0 Å². The molecule has 0 saturated heterocycles. The summed E-state index contributed by atoms with van der Waals surface area (Å²) in [6.07, 6.45) is 4.07. The van der Waals surface area contributed by atoms with Gasteiger partial charge in [0.15, 0.2) is 0 Å². The van der Waals surface area contributed by atoms with E-state index < -0.39 is 0 Å². The van der Waals surface area contributed by atoms with E-state index in [1.807, 2.05) is 6.07 Å². The fourth-order valence-electron chi connectivity index (χ4n) is 2.49. The van der Waals surface area contributed by atoms with Crippen LogP contribution in [-0.4, -0.2) is 11.2 Å². The van der Waals surface area contributed by atoms with Gasteiger partial charge in [-0.25, -0.2) is 0 Å². The van der Waals surface area contributed by atoms with Gasteiger partial charge in [-0.1, -0.05) is 48.9 Å². The molecule has 0 radical (unpaired) electrons. The molecule has 0 heterocycles. The van der Waals surface area contributed by atoms with Gasteiger partial charge in [-0.05, 0) is 31.2 Å². The first-order valence-electron chi connectivity index (χ1n) is 6.09. The third kappa shape index (κ3) is 2.35. The Morgan fingerprint density at radius 3 is 2.56 bits per heavy atom. The molecule has 1 N–H and O–H groups in total. The van der Waals surface area contributed by atoms with Crippen molar-refractivity contribution in [2.24, 2.45) is 5.92 Å². The average Bonchev–Trinajstić information content (AvgIpc) is 2.44. The predicted octanol–water partition coefficient (Wildman–Crippen LogP) is 3.51. The molecule has 0 aliphatic heterocycles. The van der Waals surface area contributed by atoms with E-state index in [-0.39, 0.29) is 6.10 Å². The first-order valence-corrected chi connectivity index (χ1v) is 6.09. The zero-order valence-corrected chi connectivity index (χ0v) is 10.1. The number of aliphatic hydroxyl groups is 1. The van der Waals surface area contributed by atoms with Crippen LogP contribution in [0, 0.1) is 5.92 Å². The van der Waals surface area contributed by atoms with Gasteiger partial charge in [0.1, 0.15) is 0 Å². The highest BCUT2D eigenvalue weighted by atomic mass is 16.3. The molecule has 0 bridgehead atoms. The SMILES string of the molecule is CC1=C[C@@H](c2ccccc2)[C@@H](C)[C@H](O)CC1. The summed E-state index contributed by atoms with van der Waals surface area (Å²) >= 11 is 0. The normalized spacial score (nSPS) is 30.7. The van der Waals surface area contributed by atoms with Gasteiger partial charge >= 0.3 is 0 Å². The van der Waals surface area contributed by atoms with Gasteiger partial charge < -0.3 is 5.11 Å². The van der Waals surface area contributed by atoms with E-state index in [0.717, 1.165) is 12.8 Å². The Bertz CT molecular complexity index is 366. The molecule has 86 valence electrons. The number of hydrogen-bond acceptors (Lipinski definition) is 1. The maximum Gasteiger partial charge on any atom is 0.0577 e. The lowest BCUT2D eigenvalue weighted by Gasteiger charge is -2.24. The highest BCUT2D eigenvalue weighted by Crippen LogP contribution is 2.34. The molecule has 1 aliphatic rings. The zero-order chi connectivity index (χ0) is 11.5. The molecule has 2 rings (SSSR count). The maximum absolute atomic E-state index is 10.1. The van der Waals surface area contributed by atoms with Crippen molar-refractivity contribution in [2.45, 2.75) is 38.7 Å². The van der Waals surface area contributed by atoms with Crippen molar-refractivity contribution in [3.05, 3.63) is 47.5 Å². The minimum atomic E-state index is -0.182. The average molecular weight is 216 g/mol. The Morgan fingerprint density at radius 2 is 1.88 bits per heavy atom. The Kier molecular flexibility index (Phi) is 3.45. The lowest BCUT2D eigenvalue weighted by Crippen LogP contribution is -2.21. The largest absolute Gasteiger partial charge is 0.393 e. The summed E-state index contributed by atoms with van der Waals surface area (Å²) in [7, 11) is 0. The molecule has 0 spiro atoms. The molecule has 0 unspecified atom stereocenters. The van der Waals surface area contributed by atoms with Gasteiger partial charge in [-0.3, -0.25) is 0 Å². The van der Waals surface area contributed by atoms with E-state index in [9.17, 15) is 5.11 Å². The molecular weight excluding hydrogens is 196 g/mol. The van der Waals surface area contributed by atoms with Crippen LogP contribution in [0.3, 0.4) is 0 Å². The molecule has 0 saturated carbocycles. The fraction of sp³-hybridized carbons (Fsp3) is 0.467. The number of aliphatic hydroxyl groups excluding tert-OH is 1. The van der Waals surface area contributed by atoms with Crippen molar-refractivity contribution in [1.82, 2.24) is 0 Å². The molecular formula is C15H20O. The fourth-order valence-corrected chi connectivity index (χ4v) is 2.49. The second-order valence-corrected chi connectivity index (χ2v) is 4.91. The minimum Gasteiger partial charge on any atom is -0.393 e. The van der Waals surface area contributed by atoms with Crippen LogP contribution in [0.2, 0.25) is 0 Å². The summed E-state index contributed by atoms with van der Waals surface area (Å²) in [5, 5.41) is 10.1. The second kappa shape index (κ2) is 4.84. The minimum absolute atomic E-state index is 0.182. The number of rotatable bonds is 1. The van der Waals surface area contributed by atoms with Crippen LogP contribution in [0.15, 0.2) is 42.0 Å². The van der Waals surface area contributed by atoms with Gasteiger partial charge in [-0.15, -0.1) is 0 Å². The first kappa shape index (κ1) is 11.4. The molecule has 0 amide bonds. The van der Waals surface area contributed by atoms with Crippen LogP contribution < -0.4 is 0 Å². The summed E-state index contributed by atoms with van der Waals surface area (Å²) in [5.74, 6) is 0.665. The second-order valence-electron chi connectivity index (χ2n) is 4.91. The summed E-state index contributed by atoms with van der Waals surface area (Å²) < 4.78 is 0. The number of hydrogen-bond donors (Lipinski definition) is 1. The molecule has 16 heavy (non-hydrogen) atoms. The number of benzene rings is 1. The van der Waals surface area contributed by atoms with E-state index in [4.69, 9.17) is 0 Å². The molecule has 0 aromatic heterocycles. The Labute approximate surface area is 97.8 Å². The zero-order valence-electron chi connectivity index (χ0n) is 10.1. The Hall–Kier alpha value is -1.08. The van der Waals surface area contributed by atoms with Crippen molar-refractivity contribution >= 4 is 0 Å². The van der Waals surface area contributed by atoms with Crippen LogP contribution >= 0.6 is 0 Å². The van der Waals surface area contributed by atoms with Crippen LogP contribution in [0.4, 0.5) is 0 Å². The molecule has 1 aromatic rings. The third-order valence-electron chi connectivity index (χ3n) is 3.66. The quantitative estimate of drug-likeness (QED) is 0.712. The molecule has 3 atom stereocenters. The van der Waals surface area contributed by atoms with Gasteiger partial charge in [0.2, 0.25) is 0 Å². The van der Waals surface area contributed by atoms with E-state index in [1.165, 1.54) is 11.1 Å². The summed E-state index contributed by atoms with van der Waals surface area (Å²) in [5.41, 5.74) is 2.72. The van der Waals surface area contributed by atoms with Crippen molar-refractivity contribution in [2.75, 3.05) is 0 Å². The predicted molar refractivity (Wildman–Crippen MR) is 67.3 cm³/mol. The van der Waals surface area contributed by atoms with Crippen molar-refractivity contribution in [3.8, 4) is 0 Å². The van der Waals surface area contributed by atoms with Crippen molar-refractivity contribution in [1.29, 1.82) is 0 Å². The van der Waals surface area contributed by atoms with Crippen LogP contribution in [0.25, 0.3) is 0 Å². The van der Waals surface area contributed by atoms with Crippen molar-refractivity contribution < 1.29 is 5.11 Å². The smallest absolute Gasteiger partial charge is 0.0577 e. The van der Waals surface area contributed by atoms with E-state index in [2.05, 4.69) is 44.2 Å². The highest BCUT2D eigenvalue weighted by molar-refractivity contribution is 5.27. The van der Waals surface area contributed by atoms with E-state index in [0.29, 0.717) is 11.8 Å². The maximum atomic E-state index is 10.1. The van der Waals surface area contributed by atoms with Crippen molar-refractivity contribution in [3.63, 3.8) is 0 Å². The topological polar surface area (TPSA) is 20.2 Å². The molecule has 1 aliphatic carbocycles. The number of allylic oxidation sites excluding steroid dienone is 2.